The van der Waals surface area contributed by atoms with Crippen LogP contribution in [0.3, 0.4) is 0 Å². The normalized spacial score (nSPS) is 20.8. The highest BCUT2D eigenvalue weighted by molar-refractivity contribution is 5.95. The molecular formula is C25H35N3O3. The van der Waals surface area contributed by atoms with E-state index in [9.17, 15) is 4.79 Å². The summed E-state index contributed by atoms with van der Waals surface area (Å²) in [4.78, 5) is 15.0. The van der Waals surface area contributed by atoms with Crippen LogP contribution in [0.15, 0.2) is 36.5 Å². The van der Waals surface area contributed by atoms with E-state index in [1.165, 1.54) is 5.56 Å². The molecule has 3 heterocycles. The minimum atomic E-state index is -0.0677. The molecule has 6 nitrogen and oxygen atoms in total. The Hall–Kier alpha value is -2.18. The average Bonchev–Trinajstić information content (AvgIpc) is 3.18. The van der Waals surface area contributed by atoms with E-state index < -0.39 is 0 Å². The topological polar surface area (TPSA) is 56.6 Å². The number of amides is 1. The van der Waals surface area contributed by atoms with Gasteiger partial charge in [-0.1, -0.05) is 30.3 Å². The Morgan fingerprint density at radius 1 is 1.26 bits per heavy atom. The molecule has 1 atom stereocenters. The first-order valence-electron chi connectivity index (χ1n) is 11.7. The van der Waals surface area contributed by atoms with Gasteiger partial charge >= 0.3 is 0 Å². The van der Waals surface area contributed by atoms with E-state index in [0.717, 1.165) is 76.2 Å². The Morgan fingerprint density at radius 2 is 2.03 bits per heavy atom. The molecule has 2 aliphatic rings. The summed E-state index contributed by atoms with van der Waals surface area (Å²) in [6.45, 7) is 8.61. The van der Waals surface area contributed by atoms with Crippen LogP contribution in [0.4, 0.5) is 0 Å². The largest absolute Gasteiger partial charge is 0.377 e. The van der Waals surface area contributed by atoms with E-state index in [0.29, 0.717) is 12.5 Å². The summed E-state index contributed by atoms with van der Waals surface area (Å²) in [5.74, 6) is 0.741. The van der Waals surface area contributed by atoms with Crippen LogP contribution in [-0.4, -0.2) is 52.5 Å². The van der Waals surface area contributed by atoms with Crippen molar-refractivity contribution in [2.24, 2.45) is 5.92 Å². The molecule has 0 N–H and O–H groups in total. The van der Waals surface area contributed by atoms with E-state index in [1.54, 1.807) is 6.20 Å². The second-order valence-electron chi connectivity index (χ2n) is 8.97. The van der Waals surface area contributed by atoms with Crippen LogP contribution in [0.2, 0.25) is 0 Å². The van der Waals surface area contributed by atoms with Crippen molar-refractivity contribution in [3.8, 4) is 0 Å². The van der Waals surface area contributed by atoms with Gasteiger partial charge in [0.05, 0.1) is 24.0 Å². The number of carbonyl (C=O) groups excluding carboxylic acids is 1. The fourth-order valence-electron chi connectivity index (χ4n) is 5.00. The van der Waals surface area contributed by atoms with Crippen molar-refractivity contribution < 1.29 is 14.3 Å². The average molecular weight is 426 g/mol. The van der Waals surface area contributed by atoms with E-state index in [2.05, 4.69) is 29.4 Å². The first-order valence-corrected chi connectivity index (χ1v) is 11.7. The number of likely N-dealkylation sites (tertiary alicyclic amines) is 1. The van der Waals surface area contributed by atoms with Gasteiger partial charge in [0.2, 0.25) is 0 Å². The van der Waals surface area contributed by atoms with Crippen molar-refractivity contribution in [2.45, 2.75) is 64.7 Å². The first kappa shape index (κ1) is 22.0. The van der Waals surface area contributed by atoms with Gasteiger partial charge < -0.3 is 14.4 Å². The molecule has 1 aromatic heterocycles. The predicted octanol–water partition coefficient (Wildman–Crippen LogP) is 4.22. The highest BCUT2D eigenvalue weighted by Gasteiger charge is 2.41. The van der Waals surface area contributed by atoms with Crippen LogP contribution >= 0.6 is 0 Å². The molecule has 168 valence electrons. The van der Waals surface area contributed by atoms with Gasteiger partial charge in [-0.05, 0) is 57.4 Å². The van der Waals surface area contributed by atoms with Gasteiger partial charge in [0.1, 0.15) is 0 Å². The Morgan fingerprint density at radius 3 is 2.74 bits per heavy atom. The Labute approximate surface area is 185 Å². The highest BCUT2D eigenvalue weighted by Crippen LogP contribution is 2.39. The van der Waals surface area contributed by atoms with Crippen molar-refractivity contribution in [3.63, 3.8) is 0 Å². The third-order valence-corrected chi connectivity index (χ3v) is 6.97. The summed E-state index contributed by atoms with van der Waals surface area (Å²) >= 11 is 0. The molecule has 2 fully saturated rings. The lowest BCUT2D eigenvalue weighted by atomic mass is 9.78. The number of nitrogens with zero attached hydrogens (tertiary/aromatic N) is 3. The van der Waals surface area contributed by atoms with Gasteiger partial charge in [0.15, 0.2) is 0 Å². The third-order valence-electron chi connectivity index (χ3n) is 6.97. The molecule has 0 saturated carbocycles. The van der Waals surface area contributed by atoms with Gasteiger partial charge in [-0.15, -0.1) is 0 Å². The maximum atomic E-state index is 13.0. The monoisotopic (exact) mass is 425 g/mol. The van der Waals surface area contributed by atoms with Gasteiger partial charge in [-0.3, -0.25) is 9.48 Å². The van der Waals surface area contributed by atoms with E-state index in [1.807, 2.05) is 29.5 Å². The fourth-order valence-corrected chi connectivity index (χ4v) is 5.00. The maximum Gasteiger partial charge on any atom is 0.257 e. The smallest absolute Gasteiger partial charge is 0.257 e. The number of carbonyl (C=O) groups is 1. The molecule has 2 aromatic rings. The third kappa shape index (κ3) is 5.18. The molecule has 0 bridgehead atoms. The standard InChI is InChI=1S/C25H35N3O3/c1-3-28-20(2)23(18-26-28)24(29)27-13-11-25(12-14-27)17-21(10-16-31-25)9-15-30-19-22-7-5-4-6-8-22/h4-8,18,21H,3,9-17,19H2,1-2H3. The van der Waals surface area contributed by atoms with Crippen LogP contribution in [0.5, 0.6) is 0 Å². The van der Waals surface area contributed by atoms with Gasteiger partial charge in [-0.25, -0.2) is 0 Å². The van der Waals surface area contributed by atoms with Crippen LogP contribution in [0, 0.1) is 12.8 Å². The van der Waals surface area contributed by atoms with Crippen LogP contribution in [0.1, 0.15) is 60.6 Å². The molecular weight excluding hydrogens is 390 g/mol. The molecule has 1 unspecified atom stereocenters. The molecule has 0 aliphatic carbocycles. The van der Waals surface area contributed by atoms with Crippen molar-refractivity contribution in [3.05, 3.63) is 53.3 Å². The lowest BCUT2D eigenvalue weighted by molar-refractivity contribution is -0.126. The molecule has 1 spiro atoms. The predicted molar refractivity (Wildman–Crippen MR) is 120 cm³/mol. The van der Waals surface area contributed by atoms with Crippen molar-refractivity contribution in [2.75, 3.05) is 26.3 Å². The number of benzene rings is 1. The summed E-state index contributed by atoms with van der Waals surface area (Å²) < 4.78 is 14.1. The number of hydrogen-bond donors (Lipinski definition) is 0. The lowest BCUT2D eigenvalue weighted by Gasteiger charge is -2.46. The molecule has 1 aromatic carbocycles. The number of aromatic nitrogens is 2. The molecule has 6 heteroatoms. The second kappa shape index (κ2) is 9.96. The van der Waals surface area contributed by atoms with Gasteiger partial charge in [0.25, 0.3) is 5.91 Å². The molecule has 4 rings (SSSR count). The summed E-state index contributed by atoms with van der Waals surface area (Å²) in [5.41, 5.74) is 2.85. The zero-order valence-electron chi connectivity index (χ0n) is 18.9. The van der Waals surface area contributed by atoms with Gasteiger partial charge in [-0.2, -0.15) is 5.10 Å². The Kier molecular flexibility index (Phi) is 7.08. The Balaban J connectivity index is 1.25. The number of hydrogen-bond acceptors (Lipinski definition) is 4. The SMILES string of the molecule is CCn1ncc(C(=O)N2CCC3(CC2)CC(CCOCc2ccccc2)CCO3)c1C. The zero-order chi connectivity index (χ0) is 21.7. The van der Waals surface area contributed by atoms with E-state index in [4.69, 9.17) is 9.47 Å². The van der Waals surface area contributed by atoms with Crippen molar-refractivity contribution >= 4 is 5.91 Å². The molecule has 0 radical (unpaired) electrons. The van der Waals surface area contributed by atoms with Crippen molar-refractivity contribution in [1.29, 1.82) is 0 Å². The number of piperidine rings is 1. The van der Waals surface area contributed by atoms with Crippen LogP contribution in [-0.2, 0) is 22.6 Å². The zero-order valence-corrected chi connectivity index (χ0v) is 18.9. The van der Waals surface area contributed by atoms with Gasteiger partial charge in [0, 0.05) is 38.5 Å². The first-order chi connectivity index (χ1) is 15.1. The minimum Gasteiger partial charge on any atom is -0.377 e. The summed E-state index contributed by atoms with van der Waals surface area (Å²) in [6.07, 6.45) is 6.82. The van der Waals surface area contributed by atoms with Crippen LogP contribution in [0.25, 0.3) is 0 Å². The fraction of sp³-hybridized carbons (Fsp3) is 0.600. The summed E-state index contributed by atoms with van der Waals surface area (Å²) in [5, 5.41) is 4.33. The lowest BCUT2D eigenvalue weighted by Crippen LogP contribution is -2.51. The Bertz CT molecular complexity index is 856. The molecule has 31 heavy (non-hydrogen) atoms. The maximum absolute atomic E-state index is 13.0. The number of rotatable bonds is 7. The quantitative estimate of drug-likeness (QED) is 0.623. The van der Waals surface area contributed by atoms with Crippen LogP contribution < -0.4 is 0 Å². The summed E-state index contributed by atoms with van der Waals surface area (Å²) in [6, 6.07) is 10.3. The number of ether oxygens (including phenoxy) is 2. The highest BCUT2D eigenvalue weighted by atomic mass is 16.5. The van der Waals surface area contributed by atoms with E-state index >= 15 is 0 Å². The van der Waals surface area contributed by atoms with Crippen molar-refractivity contribution in [1.82, 2.24) is 14.7 Å². The minimum absolute atomic E-state index is 0.0677. The molecule has 2 saturated heterocycles. The van der Waals surface area contributed by atoms with E-state index in [-0.39, 0.29) is 11.5 Å². The second-order valence-corrected chi connectivity index (χ2v) is 8.97. The number of aryl methyl sites for hydroxylation is 1. The molecule has 2 aliphatic heterocycles. The summed E-state index contributed by atoms with van der Waals surface area (Å²) in [7, 11) is 0. The molecule has 1 amide bonds.